The summed E-state index contributed by atoms with van der Waals surface area (Å²) in [5.74, 6) is -0.472. The van der Waals surface area contributed by atoms with E-state index in [9.17, 15) is 9.18 Å². The molecule has 0 aliphatic carbocycles. The van der Waals surface area contributed by atoms with E-state index in [1.165, 1.54) is 24.3 Å². The maximum Gasteiger partial charge on any atom is 0.244 e. The van der Waals surface area contributed by atoms with Crippen molar-refractivity contribution >= 4 is 29.0 Å². The van der Waals surface area contributed by atoms with E-state index >= 15 is 0 Å². The molecular weight excluding hydrogens is 414 g/mol. The highest BCUT2D eigenvalue weighted by Crippen LogP contribution is 2.29. The van der Waals surface area contributed by atoms with Crippen LogP contribution in [0.15, 0.2) is 73.8 Å². The zero-order chi connectivity index (χ0) is 20.8. The van der Waals surface area contributed by atoms with Crippen molar-refractivity contribution in [3.05, 3.63) is 101 Å². The molecule has 0 saturated heterocycles. The van der Waals surface area contributed by atoms with Gasteiger partial charge in [-0.25, -0.2) is 13.5 Å². The van der Waals surface area contributed by atoms with Crippen molar-refractivity contribution in [3.8, 4) is 0 Å². The molecule has 1 heterocycles. The molecule has 0 aliphatic rings. The second-order valence-electron chi connectivity index (χ2n) is 6.49. The molecule has 0 radical (unpaired) electrons. The Morgan fingerprint density at radius 2 is 2.00 bits per heavy atom. The number of Topliss-reactive ketones (excluding diaryl/α,β-unsaturated/α-hetero) is 1. The quantitative estimate of drug-likeness (QED) is 0.269. The minimum absolute atomic E-state index is 0.104. The number of nitrogens with zero attached hydrogens (tertiary/aromatic N) is 2. The number of benzene rings is 2. The molecule has 150 valence electrons. The van der Waals surface area contributed by atoms with E-state index in [1.54, 1.807) is 29.0 Å². The molecular formula is C22H20Cl2FN2O2+. The number of ether oxygens (including phenoxy) is 1. The number of halogens is 3. The Balaban J connectivity index is 1.72. The standard InChI is InChI=1S/C22H20Cl2FN2O2/c1-2-11-29-22(19-8-5-17(23)12-20(19)24)14-27-10-9-26(15-27)13-21(28)16-3-6-18(25)7-4-16/h2-10,12,15,22H,1,11,13-14H2/q+1. The first kappa shape index (κ1) is 21.2. The molecule has 0 bridgehead atoms. The van der Waals surface area contributed by atoms with Crippen LogP contribution in [0.25, 0.3) is 0 Å². The lowest BCUT2D eigenvalue weighted by molar-refractivity contribution is -0.682. The van der Waals surface area contributed by atoms with Gasteiger partial charge in [-0.3, -0.25) is 4.79 Å². The summed E-state index contributed by atoms with van der Waals surface area (Å²) in [4.78, 5) is 12.4. The Kier molecular flexibility index (Phi) is 7.20. The molecule has 1 unspecified atom stereocenters. The van der Waals surface area contributed by atoms with Crippen molar-refractivity contribution in [3.63, 3.8) is 0 Å². The lowest BCUT2D eigenvalue weighted by atomic mass is 10.1. The summed E-state index contributed by atoms with van der Waals surface area (Å²) in [5, 5.41) is 1.08. The van der Waals surface area contributed by atoms with Crippen LogP contribution in [0.2, 0.25) is 10.0 Å². The number of imidazole rings is 1. The number of ketones is 1. The third-order valence-electron chi connectivity index (χ3n) is 4.34. The highest BCUT2D eigenvalue weighted by atomic mass is 35.5. The average molecular weight is 434 g/mol. The van der Waals surface area contributed by atoms with E-state index in [-0.39, 0.29) is 24.2 Å². The maximum absolute atomic E-state index is 13.0. The lowest BCUT2D eigenvalue weighted by Gasteiger charge is -2.17. The summed E-state index contributed by atoms with van der Waals surface area (Å²) in [6, 6.07) is 10.8. The zero-order valence-electron chi connectivity index (χ0n) is 15.6. The third-order valence-corrected chi connectivity index (χ3v) is 4.90. The normalized spacial score (nSPS) is 12.0. The molecule has 3 rings (SSSR count). The fraction of sp³-hybridized carbons (Fsp3) is 0.182. The van der Waals surface area contributed by atoms with Crippen molar-refractivity contribution in [1.82, 2.24) is 4.57 Å². The molecule has 0 saturated carbocycles. The maximum atomic E-state index is 13.0. The van der Waals surface area contributed by atoms with Crippen LogP contribution in [-0.2, 0) is 17.8 Å². The van der Waals surface area contributed by atoms with Gasteiger partial charge in [0.25, 0.3) is 0 Å². The summed E-state index contributed by atoms with van der Waals surface area (Å²) in [6.45, 7) is 4.70. The van der Waals surface area contributed by atoms with Gasteiger partial charge in [-0.15, -0.1) is 6.58 Å². The van der Waals surface area contributed by atoms with Crippen molar-refractivity contribution in [2.24, 2.45) is 0 Å². The van der Waals surface area contributed by atoms with Crippen LogP contribution < -0.4 is 4.57 Å². The minimum Gasteiger partial charge on any atom is -0.365 e. The van der Waals surface area contributed by atoms with Crippen LogP contribution in [0, 0.1) is 5.82 Å². The smallest absolute Gasteiger partial charge is 0.244 e. The molecule has 2 aromatic carbocycles. The molecule has 4 nitrogen and oxygen atoms in total. The molecule has 3 aromatic rings. The Labute approximate surface area is 178 Å². The number of hydrogen-bond acceptors (Lipinski definition) is 2. The van der Waals surface area contributed by atoms with Gasteiger partial charge < -0.3 is 4.74 Å². The van der Waals surface area contributed by atoms with Crippen LogP contribution in [0.3, 0.4) is 0 Å². The monoisotopic (exact) mass is 433 g/mol. The Bertz CT molecular complexity index is 1000. The van der Waals surface area contributed by atoms with Crippen molar-refractivity contribution in [2.75, 3.05) is 6.61 Å². The van der Waals surface area contributed by atoms with Gasteiger partial charge in [0.15, 0.2) is 6.54 Å². The van der Waals surface area contributed by atoms with Crippen LogP contribution >= 0.6 is 23.2 Å². The van der Waals surface area contributed by atoms with Gasteiger partial charge in [0, 0.05) is 21.2 Å². The summed E-state index contributed by atoms with van der Waals surface area (Å²) >= 11 is 12.3. The summed E-state index contributed by atoms with van der Waals surface area (Å²) in [6.07, 6.45) is 6.83. The predicted molar refractivity (Wildman–Crippen MR) is 111 cm³/mol. The fourth-order valence-electron chi connectivity index (χ4n) is 2.91. The van der Waals surface area contributed by atoms with E-state index in [4.69, 9.17) is 27.9 Å². The van der Waals surface area contributed by atoms with Crippen LogP contribution in [-0.4, -0.2) is 17.0 Å². The van der Waals surface area contributed by atoms with E-state index in [0.29, 0.717) is 28.8 Å². The van der Waals surface area contributed by atoms with E-state index in [2.05, 4.69) is 6.58 Å². The minimum atomic E-state index is -0.369. The van der Waals surface area contributed by atoms with Crippen LogP contribution in [0.1, 0.15) is 22.0 Å². The second-order valence-corrected chi connectivity index (χ2v) is 7.33. The lowest BCUT2D eigenvalue weighted by Crippen LogP contribution is -2.36. The first-order valence-electron chi connectivity index (χ1n) is 8.97. The molecule has 0 N–H and O–H groups in total. The number of aromatic nitrogens is 2. The molecule has 0 aliphatic heterocycles. The Hall–Kier alpha value is -2.47. The zero-order valence-corrected chi connectivity index (χ0v) is 17.1. The number of carbonyl (C=O) groups is 1. The molecule has 0 spiro atoms. The Morgan fingerprint density at radius 1 is 1.24 bits per heavy atom. The number of carbonyl (C=O) groups excluding carboxylic acids is 1. The van der Waals surface area contributed by atoms with Gasteiger partial charge in [0.1, 0.15) is 30.9 Å². The van der Waals surface area contributed by atoms with Gasteiger partial charge in [0.2, 0.25) is 12.1 Å². The van der Waals surface area contributed by atoms with Gasteiger partial charge >= 0.3 is 0 Å². The summed E-state index contributed by atoms with van der Waals surface area (Å²) in [7, 11) is 0. The van der Waals surface area contributed by atoms with Gasteiger partial charge in [-0.2, -0.15) is 0 Å². The van der Waals surface area contributed by atoms with Gasteiger partial charge in [-0.1, -0.05) is 35.3 Å². The van der Waals surface area contributed by atoms with E-state index in [0.717, 1.165) is 5.56 Å². The van der Waals surface area contributed by atoms with Crippen LogP contribution in [0.5, 0.6) is 0 Å². The number of hydrogen-bond donors (Lipinski definition) is 0. The SMILES string of the molecule is C=CCOC(Cn1cc[n+](CC(=O)c2ccc(F)cc2)c1)c1ccc(Cl)cc1Cl. The van der Waals surface area contributed by atoms with Crippen molar-refractivity contribution < 1.29 is 18.5 Å². The largest absolute Gasteiger partial charge is 0.365 e. The summed E-state index contributed by atoms with van der Waals surface area (Å²) in [5.41, 5.74) is 1.28. The third kappa shape index (κ3) is 5.76. The first-order valence-corrected chi connectivity index (χ1v) is 9.73. The van der Waals surface area contributed by atoms with Crippen LogP contribution in [0.4, 0.5) is 4.39 Å². The van der Waals surface area contributed by atoms with Gasteiger partial charge in [0.05, 0.1) is 6.61 Å². The first-order chi connectivity index (χ1) is 14.0. The topological polar surface area (TPSA) is 35.1 Å². The van der Waals surface area contributed by atoms with Gasteiger partial charge in [-0.05, 0) is 36.4 Å². The highest BCUT2D eigenvalue weighted by molar-refractivity contribution is 6.35. The van der Waals surface area contributed by atoms with Crippen molar-refractivity contribution in [1.29, 1.82) is 0 Å². The molecule has 0 amide bonds. The van der Waals surface area contributed by atoms with E-state index in [1.807, 2.05) is 23.2 Å². The molecule has 7 heteroatoms. The summed E-state index contributed by atoms with van der Waals surface area (Å²) < 4.78 is 22.6. The van der Waals surface area contributed by atoms with E-state index < -0.39 is 0 Å². The second kappa shape index (κ2) is 9.83. The molecule has 29 heavy (non-hydrogen) atoms. The highest BCUT2D eigenvalue weighted by Gasteiger charge is 2.20. The fourth-order valence-corrected chi connectivity index (χ4v) is 3.44. The Morgan fingerprint density at radius 3 is 2.69 bits per heavy atom. The molecule has 0 fully saturated rings. The molecule has 1 aromatic heterocycles. The molecule has 1 atom stereocenters. The van der Waals surface area contributed by atoms with Crippen molar-refractivity contribution in [2.45, 2.75) is 19.2 Å². The number of rotatable bonds is 9. The average Bonchev–Trinajstić information content (AvgIpc) is 3.12. The predicted octanol–water partition coefficient (Wildman–Crippen LogP) is 5.05.